The van der Waals surface area contributed by atoms with E-state index in [2.05, 4.69) is 62.5 Å². The number of unbranched alkanes of at least 4 members (excludes halogenated alkanes) is 24. The maximum absolute atomic E-state index is 13.0. The fourth-order valence-corrected chi connectivity index (χ4v) is 9.05. The number of allylic oxidation sites excluding steroid dienone is 8. The molecule has 0 radical (unpaired) electrons. The molecule has 2 fully saturated rings. The maximum Gasteiger partial charge on any atom is 0.306 e. The van der Waals surface area contributed by atoms with Crippen LogP contribution in [0.15, 0.2) is 48.6 Å². The van der Waals surface area contributed by atoms with Crippen LogP contribution in [0.5, 0.6) is 0 Å². The first-order chi connectivity index (χ1) is 36.0. The zero-order valence-electron chi connectivity index (χ0n) is 45.8. The molecule has 7 N–H and O–H groups in total. The Hall–Kier alpha value is -2.54. The molecule has 0 saturated carbocycles. The van der Waals surface area contributed by atoms with Gasteiger partial charge < -0.3 is 64.2 Å². The van der Waals surface area contributed by atoms with Gasteiger partial charge in [-0.2, -0.15) is 0 Å². The number of rotatable bonds is 46. The lowest BCUT2D eigenvalue weighted by molar-refractivity contribution is -0.332. The van der Waals surface area contributed by atoms with Crippen molar-refractivity contribution in [2.45, 2.75) is 287 Å². The number of hydrogen-bond donors (Lipinski definition) is 7. The van der Waals surface area contributed by atoms with Gasteiger partial charge in [0.05, 0.1) is 19.8 Å². The number of carbonyl (C=O) groups is 2. The monoisotopic (exact) mass is 1050 g/mol. The summed E-state index contributed by atoms with van der Waals surface area (Å²) in [7, 11) is 0. The van der Waals surface area contributed by atoms with Crippen molar-refractivity contribution < 1.29 is 73.8 Å². The van der Waals surface area contributed by atoms with Gasteiger partial charge >= 0.3 is 11.9 Å². The molecule has 74 heavy (non-hydrogen) atoms. The normalized spacial score (nSPS) is 25.0. The summed E-state index contributed by atoms with van der Waals surface area (Å²) >= 11 is 0. The van der Waals surface area contributed by atoms with Crippen LogP contribution in [0.4, 0.5) is 0 Å². The highest BCUT2D eigenvalue weighted by Crippen LogP contribution is 2.27. The lowest BCUT2D eigenvalue weighted by Crippen LogP contribution is -2.61. The molecule has 2 rings (SSSR count). The summed E-state index contributed by atoms with van der Waals surface area (Å²) in [5, 5.41) is 72.3. The van der Waals surface area contributed by atoms with Crippen molar-refractivity contribution in [2.24, 2.45) is 0 Å². The first kappa shape index (κ1) is 67.6. The summed E-state index contributed by atoms with van der Waals surface area (Å²) in [4.78, 5) is 25.9. The molecule has 2 aliphatic heterocycles. The predicted molar refractivity (Wildman–Crippen MR) is 289 cm³/mol. The summed E-state index contributed by atoms with van der Waals surface area (Å²) < 4.78 is 33.7. The molecule has 0 spiro atoms. The van der Waals surface area contributed by atoms with E-state index in [1.165, 1.54) is 109 Å². The van der Waals surface area contributed by atoms with Crippen LogP contribution in [-0.4, -0.2) is 142 Å². The van der Waals surface area contributed by atoms with Gasteiger partial charge in [-0.1, -0.05) is 184 Å². The van der Waals surface area contributed by atoms with Gasteiger partial charge in [0, 0.05) is 12.8 Å². The molecule has 11 unspecified atom stereocenters. The first-order valence-corrected chi connectivity index (χ1v) is 29.2. The third-order valence-electron chi connectivity index (χ3n) is 13.8. The number of esters is 2. The number of hydrogen-bond acceptors (Lipinski definition) is 15. The van der Waals surface area contributed by atoms with Gasteiger partial charge in [-0.05, 0) is 70.6 Å². The molecule has 15 heteroatoms. The Bertz CT molecular complexity index is 1470. The Morgan fingerprint density at radius 3 is 1.35 bits per heavy atom. The SMILES string of the molecule is CC/C=C\C/C=C\C/C=C\CCCCCCCC(=O)OC(COC(=O)CCCCCCCCCCCCC/C=C\CCCCCCCCCC)COC1OC(COC2OC(CO)C(O)C(O)C2O)C(O)C(O)C1O. The minimum absolute atomic E-state index is 0.145. The van der Waals surface area contributed by atoms with E-state index in [-0.39, 0.29) is 26.1 Å². The van der Waals surface area contributed by atoms with Gasteiger partial charge in [-0.25, -0.2) is 0 Å². The van der Waals surface area contributed by atoms with Crippen molar-refractivity contribution in [1.82, 2.24) is 0 Å². The van der Waals surface area contributed by atoms with Crippen molar-refractivity contribution in [3.8, 4) is 0 Å². The molecular formula is C59H104O15. The van der Waals surface area contributed by atoms with E-state index in [9.17, 15) is 45.3 Å². The number of aliphatic hydroxyl groups excluding tert-OH is 7. The fraction of sp³-hybridized carbons (Fsp3) is 0.831. The topological polar surface area (TPSA) is 231 Å². The fourth-order valence-electron chi connectivity index (χ4n) is 9.05. The lowest BCUT2D eigenvalue weighted by Gasteiger charge is -2.42. The van der Waals surface area contributed by atoms with Crippen molar-refractivity contribution in [3.05, 3.63) is 48.6 Å². The van der Waals surface area contributed by atoms with Crippen molar-refractivity contribution >= 4 is 11.9 Å². The van der Waals surface area contributed by atoms with Gasteiger partial charge in [-0.15, -0.1) is 0 Å². The first-order valence-electron chi connectivity index (χ1n) is 29.2. The second kappa shape index (κ2) is 45.5. The Balaban J connectivity index is 1.73. The van der Waals surface area contributed by atoms with Gasteiger partial charge in [0.15, 0.2) is 18.7 Å². The van der Waals surface area contributed by atoms with Crippen LogP contribution in [-0.2, 0) is 38.0 Å². The largest absolute Gasteiger partial charge is 0.462 e. The molecule has 0 amide bonds. The Labute approximate surface area is 446 Å². The van der Waals surface area contributed by atoms with Crippen molar-refractivity contribution in [1.29, 1.82) is 0 Å². The van der Waals surface area contributed by atoms with E-state index < -0.39 is 92.7 Å². The van der Waals surface area contributed by atoms with E-state index in [0.29, 0.717) is 12.8 Å². The van der Waals surface area contributed by atoms with Crippen LogP contribution in [0, 0.1) is 0 Å². The van der Waals surface area contributed by atoms with Crippen LogP contribution in [0.3, 0.4) is 0 Å². The zero-order chi connectivity index (χ0) is 53.9. The van der Waals surface area contributed by atoms with Crippen LogP contribution >= 0.6 is 0 Å². The molecule has 0 aromatic carbocycles. The number of ether oxygens (including phenoxy) is 6. The van der Waals surface area contributed by atoms with E-state index in [4.69, 9.17) is 28.4 Å². The smallest absolute Gasteiger partial charge is 0.306 e. The van der Waals surface area contributed by atoms with Gasteiger partial charge in [-0.3, -0.25) is 9.59 Å². The average molecular weight is 1050 g/mol. The minimum Gasteiger partial charge on any atom is -0.462 e. The average Bonchev–Trinajstić information content (AvgIpc) is 3.39. The second-order valence-electron chi connectivity index (χ2n) is 20.4. The molecule has 430 valence electrons. The van der Waals surface area contributed by atoms with Gasteiger partial charge in [0.25, 0.3) is 0 Å². The number of carbonyl (C=O) groups excluding carboxylic acids is 2. The second-order valence-corrected chi connectivity index (χ2v) is 20.4. The number of aliphatic hydroxyl groups is 7. The van der Waals surface area contributed by atoms with Crippen LogP contribution in [0.2, 0.25) is 0 Å². The van der Waals surface area contributed by atoms with Crippen molar-refractivity contribution in [3.63, 3.8) is 0 Å². The van der Waals surface area contributed by atoms with Gasteiger partial charge in [0.2, 0.25) is 0 Å². The molecule has 2 saturated heterocycles. The summed E-state index contributed by atoms with van der Waals surface area (Å²) in [6.07, 6.45) is 35.7. The Kier molecular flexibility index (Phi) is 41.5. The van der Waals surface area contributed by atoms with Crippen molar-refractivity contribution in [2.75, 3.05) is 26.4 Å². The van der Waals surface area contributed by atoms with E-state index in [1.54, 1.807) is 0 Å². The predicted octanol–water partition coefficient (Wildman–Crippen LogP) is 9.83. The van der Waals surface area contributed by atoms with Crippen LogP contribution in [0.1, 0.15) is 219 Å². The van der Waals surface area contributed by atoms with E-state index in [0.717, 1.165) is 70.6 Å². The summed E-state index contributed by atoms with van der Waals surface area (Å²) in [6, 6.07) is 0. The Morgan fingerprint density at radius 1 is 0.446 bits per heavy atom. The van der Waals surface area contributed by atoms with E-state index in [1.807, 2.05) is 0 Å². The lowest BCUT2D eigenvalue weighted by atomic mass is 9.98. The molecule has 0 aromatic rings. The van der Waals surface area contributed by atoms with Crippen LogP contribution in [0.25, 0.3) is 0 Å². The summed E-state index contributed by atoms with van der Waals surface area (Å²) in [5.74, 6) is -0.941. The molecule has 0 bridgehead atoms. The van der Waals surface area contributed by atoms with E-state index >= 15 is 0 Å². The molecule has 11 atom stereocenters. The highest BCUT2D eigenvalue weighted by Gasteiger charge is 2.47. The highest BCUT2D eigenvalue weighted by molar-refractivity contribution is 5.70. The molecule has 2 aliphatic rings. The molecule has 0 aliphatic carbocycles. The zero-order valence-corrected chi connectivity index (χ0v) is 45.8. The molecular weight excluding hydrogens is 949 g/mol. The maximum atomic E-state index is 13.0. The third kappa shape index (κ3) is 32.3. The standard InChI is InChI=1S/C59H104O15/c1-3-5-7-9-11-13-15-17-19-20-21-22-23-24-25-26-28-29-31-33-35-37-39-41-50(61)69-44-47(72-51(62)42-40-38-36-34-32-30-27-18-16-14-12-10-8-6-4-2)45-70-58-57(68)55(66)53(64)49(74-58)46-71-59-56(67)54(65)52(63)48(43-60)73-59/h6,8,12,14,18,20-21,27,47-49,52-60,63-68H,3-5,7,9-11,13,15-17,19,22-26,28-46H2,1-2H3/b8-6-,14-12-,21-20-,27-18-. The van der Waals surface area contributed by atoms with Gasteiger partial charge in [0.1, 0.15) is 55.4 Å². The Morgan fingerprint density at radius 2 is 0.851 bits per heavy atom. The molecule has 15 nitrogen and oxygen atoms in total. The molecule has 0 aromatic heterocycles. The highest BCUT2D eigenvalue weighted by atomic mass is 16.7. The molecule has 2 heterocycles. The minimum atomic E-state index is -1.77. The summed E-state index contributed by atoms with van der Waals surface area (Å²) in [6.45, 7) is 2.48. The third-order valence-corrected chi connectivity index (χ3v) is 13.8. The van der Waals surface area contributed by atoms with Crippen LogP contribution < -0.4 is 0 Å². The summed E-state index contributed by atoms with van der Waals surface area (Å²) in [5.41, 5.74) is 0. The quantitative estimate of drug-likeness (QED) is 0.0171.